The second-order valence-electron chi connectivity index (χ2n) is 6.92. The topological polar surface area (TPSA) is 92.1 Å². The highest BCUT2D eigenvalue weighted by Crippen LogP contribution is 2.27. The zero-order valence-electron chi connectivity index (χ0n) is 15.2. The lowest BCUT2D eigenvalue weighted by Gasteiger charge is -2.30. The van der Waals surface area contributed by atoms with Gasteiger partial charge in [-0.2, -0.15) is 0 Å². The van der Waals surface area contributed by atoms with Gasteiger partial charge in [-0.3, -0.25) is 14.9 Å². The Labute approximate surface area is 161 Å². The molecule has 0 unspecified atom stereocenters. The summed E-state index contributed by atoms with van der Waals surface area (Å²) in [7, 11) is 0. The Hall–Kier alpha value is -3.48. The van der Waals surface area contributed by atoms with Crippen molar-refractivity contribution < 1.29 is 9.72 Å². The summed E-state index contributed by atoms with van der Waals surface area (Å²) in [5, 5.41) is 10.7. The maximum atomic E-state index is 12.4. The second-order valence-corrected chi connectivity index (χ2v) is 6.92. The molecule has 1 fully saturated rings. The van der Waals surface area contributed by atoms with Gasteiger partial charge >= 0.3 is 0 Å². The monoisotopic (exact) mass is 376 g/mol. The standard InChI is InChI=1S/C21H20N4O3/c26-20(10-7-15-5-8-17(9-6-15)25(27)28)24-13-11-16(12-14-24)21-22-18-3-1-2-4-19(18)23-21/h1-10,16H,11-14H2,(H,22,23)/b10-7+. The lowest BCUT2D eigenvalue weighted by Crippen LogP contribution is -2.37. The predicted molar refractivity (Wildman–Crippen MR) is 107 cm³/mol. The molecule has 28 heavy (non-hydrogen) atoms. The fourth-order valence-electron chi connectivity index (χ4n) is 3.52. The van der Waals surface area contributed by atoms with Gasteiger partial charge < -0.3 is 9.88 Å². The van der Waals surface area contributed by atoms with Crippen molar-refractivity contribution in [1.82, 2.24) is 14.9 Å². The van der Waals surface area contributed by atoms with Crippen LogP contribution in [0.15, 0.2) is 54.6 Å². The molecular weight excluding hydrogens is 356 g/mol. The third-order valence-electron chi connectivity index (χ3n) is 5.12. The zero-order valence-corrected chi connectivity index (χ0v) is 15.2. The van der Waals surface area contributed by atoms with Gasteiger partial charge in [0, 0.05) is 37.2 Å². The van der Waals surface area contributed by atoms with E-state index in [1.807, 2.05) is 29.2 Å². The zero-order chi connectivity index (χ0) is 19.5. The van der Waals surface area contributed by atoms with Crippen LogP contribution in [-0.4, -0.2) is 38.8 Å². The van der Waals surface area contributed by atoms with E-state index in [0.29, 0.717) is 19.0 Å². The van der Waals surface area contributed by atoms with Crippen molar-refractivity contribution in [3.8, 4) is 0 Å². The van der Waals surface area contributed by atoms with E-state index in [2.05, 4.69) is 9.97 Å². The van der Waals surface area contributed by atoms with E-state index in [0.717, 1.165) is 35.3 Å². The average molecular weight is 376 g/mol. The SMILES string of the molecule is O=C(/C=C/c1ccc([N+](=O)[O-])cc1)N1CCC(c2nc3ccccc3[nH]2)CC1. The maximum Gasteiger partial charge on any atom is 0.269 e. The minimum atomic E-state index is -0.440. The van der Waals surface area contributed by atoms with Crippen LogP contribution in [-0.2, 0) is 4.79 Å². The molecule has 3 aromatic rings. The number of benzene rings is 2. The van der Waals surface area contributed by atoms with Gasteiger partial charge in [-0.25, -0.2) is 4.98 Å². The van der Waals surface area contributed by atoms with E-state index in [4.69, 9.17) is 0 Å². The first-order valence-electron chi connectivity index (χ1n) is 9.26. The Balaban J connectivity index is 1.35. The number of amides is 1. The van der Waals surface area contributed by atoms with Crippen LogP contribution in [0.4, 0.5) is 5.69 Å². The molecule has 0 saturated carbocycles. The largest absolute Gasteiger partial charge is 0.342 e. The molecule has 7 heteroatoms. The van der Waals surface area contributed by atoms with Crippen LogP contribution < -0.4 is 0 Å². The average Bonchev–Trinajstić information content (AvgIpc) is 3.16. The van der Waals surface area contributed by atoms with Crippen LogP contribution in [0.1, 0.15) is 30.1 Å². The molecule has 1 N–H and O–H groups in total. The molecule has 2 aromatic carbocycles. The molecule has 1 amide bonds. The summed E-state index contributed by atoms with van der Waals surface area (Å²) in [6.07, 6.45) is 4.97. The quantitative estimate of drug-likeness (QED) is 0.425. The summed E-state index contributed by atoms with van der Waals surface area (Å²) < 4.78 is 0. The van der Waals surface area contributed by atoms with Crippen molar-refractivity contribution in [3.05, 3.63) is 76.1 Å². The first-order valence-corrected chi connectivity index (χ1v) is 9.26. The summed E-state index contributed by atoms with van der Waals surface area (Å²) in [5.74, 6) is 1.28. The number of rotatable bonds is 4. The first-order chi connectivity index (χ1) is 13.6. The van der Waals surface area contributed by atoms with E-state index < -0.39 is 4.92 Å². The molecule has 1 aliphatic heterocycles. The number of nitrogens with zero attached hydrogens (tertiary/aromatic N) is 3. The number of imidazole rings is 1. The Morgan fingerprint density at radius 2 is 1.86 bits per heavy atom. The van der Waals surface area contributed by atoms with E-state index in [9.17, 15) is 14.9 Å². The highest BCUT2D eigenvalue weighted by molar-refractivity contribution is 5.91. The number of aromatic amines is 1. The van der Waals surface area contributed by atoms with Gasteiger partial charge in [0.25, 0.3) is 5.69 Å². The van der Waals surface area contributed by atoms with Crippen LogP contribution in [0.3, 0.4) is 0 Å². The number of aromatic nitrogens is 2. The van der Waals surface area contributed by atoms with Crippen molar-refractivity contribution in [2.24, 2.45) is 0 Å². The van der Waals surface area contributed by atoms with Crippen LogP contribution in [0.25, 0.3) is 17.1 Å². The van der Waals surface area contributed by atoms with Crippen molar-refractivity contribution >= 4 is 28.7 Å². The van der Waals surface area contributed by atoms with Crippen molar-refractivity contribution in [1.29, 1.82) is 0 Å². The Morgan fingerprint density at radius 1 is 1.14 bits per heavy atom. The lowest BCUT2D eigenvalue weighted by molar-refractivity contribution is -0.384. The number of hydrogen-bond acceptors (Lipinski definition) is 4. The fraction of sp³-hybridized carbons (Fsp3) is 0.238. The number of hydrogen-bond donors (Lipinski definition) is 1. The number of piperidine rings is 1. The molecule has 0 aliphatic carbocycles. The second kappa shape index (κ2) is 7.64. The van der Waals surface area contributed by atoms with Gasteiger partial charge in [0.1, 0.15) is 5.82 Å². The molecule has 2 heterocycles. The van der Waals surface area contributed by atoms with Crippen LogP contribution >= 0.6 is 0 Å². The molecule has 1 aliphatic rings. The van der Waals surface area contributed by atoms with Crippen LogP contribution in [0, 0.1) is 10.1 Å². The lowest BCUT2D eigenvalue weighted by atomic mass is 9.96. The first kappa shape index (κ1) is 17.9. The molecule has 0 bridgehead atoms. The van der Waals surface area contributed by atoms with Crippen molar-refractivity contribution in [2.45, 2.75) is 18.8 Å². The van der Waals surface area contributed by atoms with Gasteiger partial charge in [0.05, 0.1) is 16.0 Å². The molecule has 0 spiro atoms. The van der Waals surface area contributed by atoms with E-state index in [1.54, 1.807) is 18.2 Å². The summed E-state index contributed by atoms with van der Waals surface area (Å²) in [4.78, 5) is 32.6. The van der Waals surface area contributed by atoms with Crippen molar-refractivity contribution in [3.63, 3.8) is 0 Å². The minimum Gasteiger partial charge on any atom is -0.342 e. The van der Waals surface area contributed by atoms with Gasteiger partial charge in [-0.1, -0.05) is 12.1 Å². The molecule has 142 valence electrons. The molecule has 7 nitrogen and oxygen atoms in total. The highest BCUT2D eigenvalue weighted by atomic mass is 16.6. The summed E-state index contributed by atoms with van der Waals surface area (Å²) in [6, 6.07) is 14.1. The number of carbonyl (C=O) groups excluding carboxylic acids is 1. The number of fused-ring (bicyclic) bond motifs is 1. The maximum absolute atomic E-state index is 12.4. The Kier molecular flexibility index (Phi) is 4.89. The molecule has 4 rings (SSSR count). The number of nitro groups is 1. The Morgan fingerprint density at radius 3 is 2.54 bits per heavy atom. The normalized spacial score (nSPS) is 15.4. The molecule has 0 atom stereocenters. The van der Waals surface area contributed by atoms with Crippen LogP contribution in [0.2, 0.25) is 0 Å². The molecule has 0 radical (unpaired) electrons. The van der Waals surface area contributed by atoms with Crippen LogP contribution in [0.5, 0.6) is 0 Å². The summed E-state index contributed by atoms with van der Waals surface area (Å²) in [6.45, 7) is 1.37. The van der Waals surface area contributed by atoms with Gasteiger partial charge in [-0.15, -0.1) is 0 Å². The number of H-pyrrole nitrogens is 1. The smallest absolute Gasteiger partial charge is 0.269 e. The highest BCUT2D eigenvalue weighted by Gasteiger charge is 2.24. The number of likely N-dealkylation sites (tertiary alicyclic amines) is 1. The molecular formula is C21H20N4O3. The third-order valence-corrected chi connectivity index (χ3v) is 5.12. The minimum absolute atomic E-state index is 0.0381. The predicted octanol–water partition coefficient (Wildman–Crippen LogP) is 3.89. The van der Waals surface area contributed by atoms with Gasteiger partial charge in [0.15, 0.2) is 0 Å². The Bertz CT molecular complexity index is 998. The van der Waals surface area contributed by atoms with E-state index in [-0.39, 0.29) is 11.6 Å². The summed E-state index contributed by atoms with van der Waals surface area (Å²) in [5.41, 5.74) is 2.82. The van der Waals surface area contributed by atoms with Gasteiger partial charge in [0.2, 0.25) is 5.91 Å². The summed E-state index contributed by atoms with van der Waals surface area (Å²) >= 11 is 0. The number of nitrogens with one attached hydrogen (secondary N) is 1. The number of non-ortho nitro benzene ring substituents is 1. The number of para-hydroxylation sites is 2. The fourth-order valence-corrected chi connectivity index (χ4v) is 3.52. The van der Waals surface area contributed by atoms with E-state index >= 15 is 0 Å². The number of nitro benzene ring substituents is 1. The van der Waals surface area contributed by atoms with Crippen molar-refractivity contribution in [2.75, 3.05) is 13.1 Å². The van der Waals surface area contributed by atoms with E-state index in [1.165, 1.54) is 18.2 Å². The molecule has 1 saturated heterocycles. The number of carbonyl (C=O) groups is 1. The van der Waals surface area contributed by atoms with Gasteiger partial charge in [-0.05, 0) is 48.7 Å². The molecule has 1 aromatic heterocycles. The third kappa shape index (κ3) is 3.78.